The summed E-state index contributed by atoms with van der Waals surface area (Å²) in [6.45, 7) is 2.67. The molecule has 0 N–H and O–H groups in total. The lowest BCUT2D eigenvalue weighted by atomic mass is 10.1. The summed E-state index contributed by atoms with van der Waals surface area (Å²) in [7, 11) is 0. The molecule has 1 amide bonds. The highest BCUT2D eigenvalue weighted by molar-refractivity contribution is 5.92. The lowest BCUT2D eigenvalue weighted by Crippen LogP contribution is -2.48. The number of nitrogens with zero attached hydrogens (tertiary/aromatic N) is 4. The number of para-hydroxylation sites is 1. The molecule has 1 saturated heterocycles. The Labute approximate surface area is 176 Å². The molecule has 0 unspecified atom stereocenters. The standard InChI is InChI=1S/C22H20F4N4O/c23-18-3-1-2-4-20(18)30-10-9-19(27-30)21(31)29-13-11-28(12-14-29)15-16-5-7-17(8-6-16)22(24,25)26/h1-10H,11-15H2. The van der Waals surface area contributed by atoms with E-state index in [0.29, 0.717) is 32.7 Å². The Balaban J connectivity index is 1.34. The van der Waals surface area contributed by atoms with E-state index >= 15 is 0 Å². The number of hydrogen-bond donors (Lipinski definition) is 0. The van der Waals surface area contributed by atoms with Crippen molar-refractivity contribution >= 4 is 5.91 Å². The maximum Gasteiger partial charge on any atom is 0.416 e. The third-order valence-electron chi connectivity index (χ3n) is 5.25. The molecule has 0 spiro atoms. The van der Waals surface area contributed by atoms with Crippen molar-refractivity contribution in [1.82, 2.24) is 19.6 Å². The fourth-order valence-electron chi connectivity index (χ4n) is 3.54. The lowest BCUT2D eigenvalue weighted by molar-refractivity contribution is -0.137. The number of aromatic nitrogens is 2. The average molecular weight is 432 g/mol. The van der Waals surface area contributed by atoms with Gasteiger partial charge in [0.25, 0.3) is 5.91 Å². The van der Waals surface area contributed by atoms with E-state index in [1.165, 1.54) is 22.9 Å². The van der Waals surface area contributed by atoms with Gasteiger partial charge in [0.15, 0.2) is 5.69 Å². The van der Waals surface area contributed by atoms with Crippen LogP contribution >= 0.6 is 0 Å². The molecule has 1 aromatic heterocycles. The molecule has 0 aliphatic carbocycles. The highest BCUT2D eigenvalue weighted by atomic mass is 19.4. The number of benzene rings is 2. The molecule has 2 heterocycles. The SMILES string of the molecule is O=C(c1ccn(-c2ccccc2F)n1)N1CCN(Cc2ccc(C(F)(F)F)cc2)CC1. The van der Waals surface area contributed by atoms with Crippen LogP contribution in [0.25, 0.3) is 5.69 Å². The van der Waals surface area contributed by atoms with Crippen molar-refractivity contribution in [1.29, 1.82) is 0 Å². The van der Waals surface area contributed by atoms with Crippen LogP contribution in [0.1, 0.15) is 21.6 Å². The highest BCUT2D eigenvalue weighted by Gasteiger charge is 2.30. The molecule has 4 rings (SSSR count). The molecule has 3 aromatic rings. The van der Waals surface area contributed by atoms with Crippen LogP contribution in [0.15, 0.2) is 60.8 Å². The highest BCUT2D eigenvalue weighted by Crippen LogP contribution is 2.29. The van der Waals surface area contributed by atoms with Crippen LogP contribution in [0.5, 0.6) is 0 Å². The Kier molecular flexibility index (Phi) is 5.77. The van der Waals surface area contributed by atoms with Crippen LogP contribution in [0.2, 0.25) is 0 Å². The Morgan fingerprint density at radius 1 is 0.935 bits per heavy atom. The van der Waals surface area contributed by atoms with Gasteiger partial charge in [0.1, 0.15) is 11.5 Å². The van der Waals surface area contributed by atoms with E-state index in [2.05, 4.69) is 10.00 Å². The van der Waals surface area contributed by atoms with Gasteiger partial charge in [-0.15, -0.1) is 0 Å². The van der Waals surface area contributed by atoms with Crippen LogP contribution < -0.4 is 0 Å². The normalized spacial score (nSPS) is 15.3. The monoisotopic (exact) mass is 432 g/mol. The zero-order valence-electron chi connectivity index (χ0n) is 16.5. The van der Waals surface area contributed by atoms with Crippen LogP contribution in [-0.2, 0) is 12.7 Å². The maximum absolute atomic E-state index is 13.9. The number of carbonyl (C=O) groups excluding carboxylic acids is 1. The van der Waals surface area contributed by atoms with E-state index in [-0.39, 0.29) is 17.3 Å². The number of piperazine rings is 1. The van der Waals surface area contributed by atoms with Crippen molar-refractivity contribution in [3.63, 3.8) is 0 Å². The first-order valence-corrected chi connectivity index (χ1v) is 9.79. The largest absolute Gasteiger partial charge is 0.416 e. The van der Waals surface area contributed by atoms with Gasteiger partial charge >= 0.3 is 6.18 Å². The lowest BCUT2D eigenvalue weighted by Gasteiger charge is -2.34. The van der Waals surface area contributed by atoms with Gasteiger partial charge < -0.3 is 4.90 Å². The number of alkyl halides is 3. The van der Waals surface area contributed by atoms with Crippen LogP contribution in [0.4, 0.5) is 17.6 Å². The molecular weight excluding hydrogens is 412 g/mol. The zero-order chi connectivity index (χ0) is 22.0. The maximum atomic E-state index is 13.9. The summed E-state index contributed by atoms with van der Waals surface area (Å²) in [5.41, 5.74) is 0.625. The Morgan fingerprint density at radius 3 is 2.26 bits per heavy atom. The van der Waals surface area contributed by atoms with Crippen LogP contribution in [0, 0.1) is 5.82 Å². The Hall–Kier alpha value is -3.20. The second-order valence-corrected chi connectivity index (χ2v) is 7.36. The molecular formula is C22H20F4N4O. The molecule has 9 heteroatoms. The van der Waals surface area contributed by atoms with Crippen molar-refractivity contribution in [2.45, 2.75) is 12.7 Å². The quantitative estimate of drug-likeness (QED) is 0.586. The van der Waals surface area contributed by atoms with Gasteiger partial charge in [0, 0.05) is 38.9 Å². The topological polar surface area (TPSA) is 41.4 Å². The zero-order valence-corrected chi connectivity index (χ0v) is 16.5. The summed E-state index contributed by atoms with van der Waals surface area (Å²) < 4.78 is 53.3. The third-order valence-corrected chi connectivity index (χ3v) is 5.25. The van der Waals surface area contributed by atoms with Crippen molar-refractivity contribution in [3.8, 4) is 5.69 Å². The molecule has 0 saturated carbocycles. The number of carbonyl (C=O) groups is 1. The number of rotatable bonds is 4. The summed E-state index contributed by atoms with van der Waals surface area (Å²) in [6, 6.07) is 12.9. The third kappa shape index (κ3) is 4.77. The summed E-state index contributed by atoms with van der Waals surface area (Å²) in [6.07, 6.45) is -2.80. The first kappa shape index (κ1) is 21.0. The van der Waals surface area contributed by atoms with Crippen molar-refractivity contribution in [2.24, 2.45) is 0 Å². The van der Waals surface area contributed by atoms with Crippen molar-refractivity contribution in [2.75, 3.05) is 26.2 Å². The van der Waals surface area contributed by atoms with Gasteiger partial charge in [0.05, 0.1) is 5.56 Å². The minimum Gasteiger partial charge on any atom is -0.335 e. The molecule has 5 nitrogen and oxygen atoms in total. The first-order valence-electron chi connectivity index (χ1n) is 9.79. The molecule has 1 aliphatic rings. The molecule has 1 aliphatic heterocycles. The second kappa shape index (κ2) is 8.50. The Bertz CT molecular complexity index is 1050. The minimum atomic E-state index is -4.34. The fourth-order valence-corrected chi connectivity index (χ4v) is 3.54. The smallest absolute Gasteiger partial charge is 0.335 e. The number of hydrogen-bond acceptors (Lipinski definition) is 3. The van der Waals surface area contributed by atoms with Crippen LogP contribution in [-0.4, -0.2) is 51.7 Å². The fraction of sp³-hybridized carbons (Fsp3) is 0.273. The predicted molar refractivity (Wildman–Crippen MR) is 106 cm³/mol. The molecule has 0 radical (unpaired) electrons. The van der Waals surface area contributed by atoms with Crippen molar-refractivity contribution in [3.05, 3.63) is 83.4 Å². The molecule has 31 heavy (non-hydrogen) atoms. The first-order chi connectivity index (χ1) is 14.8. The number of halogens is 4. The molecule has 2 aromatic carbocycles. The summed E-state index contributed by atoms with van der Waals surface area (Å²) in [4.78, 5) is 16.5. The summed E-state index contributed by atoms with van der Waals surface area (Å²) >= 11 is 0. The van der Waals surface area contributed by atoms with Gasteiger partial charge in [-0.25, -0.2) is 9.07 Å². The van der Waals surface area contributed by atoms with Gasteiger partial charge in [-0.2, -0.15) is 18.3 Å². The van der Waals surface area contributed by atoms with Gasteiger partial charge in [-0.3, -0.25) is 9.69 Å². The van der Waals surface area contributed by atoms with Crippen LogP contribution in [0.3, 0.4) is 0 Å². The predicted octanol–water partition coefficient (Wildman–Crippen LogP) is 3.99. The second-order valence-electron chi connectivity index (χ2n) is 7.36. The molecule has 0 bridgehead atoms. The van der Waals surface area contributed by atoms with Gasteiger partial charge in [-0.1, -0.05) is 24.3 Å². The molecule has 1 fully saturated rings. The number of amides is 1. The summed E-state index contributed by atoms with van der Waals surface area (Å²) in [5, 5.41) is 4.21. The van der Waals surface area contributed by atoms with E-state index in [9.17, 15) is 22.4 Å². The minimum absolute atomic E-state index is 0.232. The average Bonchev–Trinajstić information content (AvgIpc) is 3.24. The van der Waals surface area contributed by atoms with E-state index in [0.717, 1.165) is 17.7 Å². The van der Waals surface area contributed by atoms with E-state index in [1.807, 2.05) is 0 Å². The Morgan fingerprint density at radius 2 is 1.61 bits per heavy atom. The van der Waals surface area contributed by atoms with Gasteiger partial charge in [0.2, 0.25) is 0 Å². The van der Waals surface area contributed by atoms with E-state index < -0.39 is 17.6 Å². The summed E-state index contributed by atoms with van der Waals surface area (Å²) in [5.74, 6) is -0.661. The van der Waals surface area contributed by atoms with Crippen molar-refractivity contribution < 1.29 is 22.4 Å². The van der Waals surface area contributed by atoms with E-state index in [1.54, 1.807) is 35.4 Å². The molecule has 0 atom stereocenters. The molecule has 162 valence electrons. The van der Waals surface area contributed by atoms with E-state index in [4.69, 9.17) is 0 Å². The van der Waals surface area contributed by atoms with Gasteiger partial charge in [-0.05, 0) is 35.9 Å².